The molecule has 0 spiro atoms. The van der Waals surface area contributed by atoms with Crippen molar-refractivity contribution in [1.29, 1.82) is 0 Å². The molecule has 0 saturated carbocycles. The standard InChI is InChI=1S/C12H8N2.Fe/c1-3-9-5-6-11-10(4-2-7-13-11)12(9)14-8-1;/h1-8H;. The summed E-state index contributed by atoms with van der Waals surface area (Å²) in [4.78, 5) is 8.66. The summed E-state index contributed by atoms with van der Waals surface area (Å²) in [6, 6.07) is 12.1. The van der Waals surface area contributed by atoms with E-state index in [1.54, 1.807) is 6.20 Å². The zero-order valence-electron chi connectivity index (χ0n) is 7.87. The Balaban J connectivity index is 0.000000853. The number of aromatic nitrogens is 2. The van der Waals surface area contributed by atoms with Gasteiger partial charge in [-0.3, -0.25) is 9.97 Å². The average molecular weight is 236 g/mol. The van der Waals surface area contributed by atoms with Crippen LogP contribution in [0, 0.1) is 0 Å². The largest absolute Gasteiger partial charge is 0.256 e. The summed E-state index contributed by atoms with van der Waals surface area (Å²) >= 11 is 0. The van der Waals surface area contributed by atoms with E-state index in [1.165, 1.54) is 0 Å². The molecular weight excluding hydrogens is 228 g/mol. The summed E-state index contributed by atoms with van der Waals surface area (Å²) in [6.45, 7) is 0. The molecule has 0 aliphatic rings. The second-order valence-corrected chi connectivity index (χ2v) is 3.21. The first-order valence-corrected chi connectivity index (χ1v) is 4.53. The van der Waals surface area contributed by atoms with Gasteiger partial charge in [0.2, 0.25) is 0 Å². The van der Waals surface area contributed by atoms with Gasteiger partial charge in [-0.25, -0.2) is 0 Å². The quantitative estimate of drug-likeness (QED) is 0.443. The molecule has 15 heavy (non-hydrogen) atoms. The van der Waals surface area contributed by atoms with Crippen molar-refractivity contribution in [3.63, 3.8) is 0 Å². The van der Waals surface area contributed by atoms with Crippen molar-refractivity contribution >= 4 is 21.8 Å². The van der Waals surface area contributed by atoms with E-state index in [1.807, 2.05) is 24.4 Å². The van der Waals surface area contributed by atoms with Crippen LogP contribution < -0.4 is 0 Å². The van der Waals surface area contributed by atoms with Gasteiger partial charge in [0.15, 0.2) is 0 Å². The summed E-state index contributed by atoms with van der Waals surface area (Å²) in [6.07, 6.45) is 3.62. The van der Waals surface area contributed by atoms with Gasteiger partial charge in [0, 0.05) is 40.2 Å². The Labute approximate surface area is 97.8 Å². The Morgan fingerprint density at radius 3 is 2.53 bits per heavy atom. The van der Waals surface area contributed by atoms with E-state index in [2.05, 4.69) is 28.2 Å². The van der Waals surface area contributed by atoms with E-state index in [4.69, 9.17) is 0 Å². The Kier molecular flexibility index (Phi) is 2.67. The number of pyridine rings is 2. The molecule has 2 heterocycles. The van der Waals surface area contributed by atoms with Gasteiger partial charge in [-0.1, -0.05) is 12.1 Å². The molecule has 0 fully saturated rings. The van der Waals surface area contributed by atoms with Gasteiger partial charge in [0.25, 0.3) is 0 Å². The maximum atomic E-state index is 4.37. The topological polar surface area (TPSA) is 25.8 Å². The van der Waals surface area contributed by atoms with E-state index in [0.29, 0.717) is 0 Å². The van der Waals surface area contributed by atoms with Crippen molar-refractivity contribution in [3.05, 3.63) is 48.8 Å². The van der Waals surface area contributed by atoms with Gasteiger partial charge in [0.1, 0.15) is 0 Å². The van der Waals surface area contributed by atoms with Gasteiger partial charge < -0.3 is 0 Å². The Morgan fingerprint density at radius 2 is 1.60 bits per heavy atom. The van der Waals surface area contributed by atoms with E-state index in [0.717, 1.165) is 21.8 Å². The molecule has 3 rings (SSSR count). The van der Waals surface area contributed by atoms with Crippen LogP contribution in [0.5, 0.6) is 0 Å². The van der Waals surface area contributed by atoms with Crippen LogP contribution in [-0.2, 0) is 17.1 Å². The molecule has 0 unspecified atom stereocenters. The normalized spacial score (nSPS) is 10.1. The van der Waals surface area contributed by atoms with Crippen molar-refractivity contribution in [1.82, 2.24) is 9.97 Å². The van der Waals surface area contributed by atoms with Gasteiger partial charge in [-0.05, 0) is 24.3 Å². The molecule has 0 radical (unpaired) electrons. The molecule has 0 aliphatic carbocycles. The molecule has 0 bridgehead atoms. The second kappa shape index (κ2) is 3.97. The van der Waals surface area contributed by atoms with E-state index in [9.17, 15) is 0 Å². The van der Waals surface area contributed by atoms with Crippen molar-refractivity contribution in [2.75, 3.05) is 0 Å². The van der Waals surface area contributed by atoms with Crippen molar-refractivity contribution < 1.29 is 17.1 Å². The number of benzene rings is 1. The second-order valence-electron chi connectivity index (χ2n) is 3.21. The molecule has 0 N–H and O–H groups in total. The molecule has 0 aliphatic heterocycles. The van der Waals surface area contributed by atoms with Crippen LogP contribution >= 0.6 is 0 Å². The Bertz CT molecular complexity index is 553. The van der Waals surface area contributed by atoms with Crippen molar-refractivity contribution in [2.45, 2.75) is 0 Å². The monoisotopic (exact) mass is 236 g/mol. The summed E-state index contributed by atoms with van der Waals surface area (Å²) in [5, 5.41) is 2.28. The van der Waals surface area contributed by atoms with E-state index >= 15 is 0 Å². The molecule has 1 aromatic carbocycles. The van der Waals surface area contributed by atoms with Crippen molar-refractivity contribution in [3.8, 4) is 0 Å². The number of rotatable bonds is 0. The Morgan fingerprint density at radius 1 is 0.800 bits per heavy atom. The fourth-order valence-electron chi connectivity index (χ4n) is 1.70. The average Bonchev–Trinajstić information content (AvgIpc) is 2.29. The molecule has 0 atom stereocenters. The van der Waals surface area contributed by atoms with Crippen LogP contribution in [0.4, 0.5) is 0 Å². The molecule has 0 saturated heterocycles. The van der Waals surface area contributed by atoms with Crippen LogP contribution in [-0.4, -0.2) is 9.97 Å². The zero-order valence-corrected chi connectivity index (χ0v) is 8.97. The first-order valence-electron chi connectivity index (χ1n) is 4.53. The summed E-state index contributed by atoms with van der Waals surface area (Å²) in [5.41, 5.74) is 2.02. The minimum Gasteiger partial charge on any atom is -0.256 e. The third kappa shape index (κ3) is 1.60. The van der Waals surface area contributed by atoms with Crippen LogP contribution in [0.25, 0.3) is 21.8 Å². The van der Waals surface area contributed by atoms with Crippen LogP contribution in [0.15, 0.2) is 48.8 Å². The fraction of sp³-hybridized carbons (Fsp3) is 0. The smallest absolute Gasteiger partial charge is 0.0795 e. The summed E-state index contributed by atoms with van der Waals surface area (Å²) in [7, 11) is 0. The van der Waals surface area contributed by atoms with Gasteiger partial charge >= 0.3 is 0 Å². The molecule has 3 heteroatoms. The minimum atomic E-state index is 0. The number of fused-ring (bicyclic) bond motifs is 3. The first kappa shape index (κ1) is 10.1. The third-order valence-electron chi connectivity index (χ3n) is 2.35. The van der Waals surface area contributed by atoms with Crippen LogP contribution in [0.1, 0.15) is 0 Å². The summed E-state index contributed by atoms with van der Waals surface area (Å²) in [5.74, 6) is 0. The number of hydrogen-bond donors (Lipinski definition) is 0. The molecule has 2 aromatic heterocycles. The van der Waals surface area contributed by atoms with Crippen molar-refractivity contribution in [2.24, 2.45) is 0 Å². The number of hydrogen-bond acceptors (Lipinski definition) is 2. The van der Waals surface area contributed by atoms with E-state index in [-0.39, 0.29) is 17.1 Å². The molecular formula is C12H8FeN2. The molecule has 0 amide bonds. The molecule has 2 nitrogen and oxygen atoms in total. The van der Waals surface area contributed by atoms with Crippen LogP contribution in [0.3, 0.4) is 0 Å². The minimum absolute atomic E-state index is 0. The SMILES string of the molecule is [Fe].c1cnc2c(c1)ccc1ncccc12. The predicted molar refractivity (Wildman–Crippen MR) is 57.0 cm³/mol. The maximum Gasteiger partial charge on any atom is 0.0795 e. The predicted octanol–water partition coefficient (Wildman–Crippen LogP) is 2.78. The van der Waals surface area contributed by atoms with Crippen LogP contribution in [0.2, 0.25) is 0 Å². The van der Waals surface area contributed by atoms with Gasteiger partial charge in [-0.15, -0.1) is 0 Å². The van der Waals surface area contributed by atoms with E-state index < -0.39 is 0 Å². The Hall–Kier alpha value is -1.44. The molecule has 74 valence electrons. The summed E-state index contributed by atoms with van der Waals surface area (Å²) < 4.78 is 0. The number of nitrogens with zero attached hydrogens (tertiary/aromatic N) is 2. The zero-order chi connectivity index (χ0) is 9.38. The maximum absolute atomic E-state index is 4.37. The van der Waals surface area contributed by atoms with Gasteiger partial charge in [-0.2, -0.15) is 0 Å². The molecule has 3 aromatic rings. The first-order chi connectivity index (χ1) is 6.95. The van der Waals surface area contributed by atoms with Gasteiger partial charge in [0.05, 0.1) is 11.0 Å². The fourth-order valence-corrected chi connectivity index (χ4v) is 1.70. The third-order valence-corrected chi connectivity index (χ3v) is 2.35.